The van der Waals surface area contributed by atoms with E-state index >= 15 is 0 Å². The lowest BCUT2D eigenvalue weighted by molar-refractivity contribution is 0.0956. The van der Waals surface area contributed by atoms with Gasteiger partial charge in [0.2, 0.25) is 0 Å². The van der Waals surface area contributed by atoms with Crippen LogP contribution in [0.25, 0.3) is 0 Å². The number of benzene rings is 1. The van der Waals surface area contributed by atoms with Crippen molar-refractivity contribution in [3.8, 4) is 0 Å². The number of aryl methyl sites for hydroxylation is 1. The van der Waals surface area contributed by atoms with Crippen LogP contribution < -0.4 is 16.4 Å². The van der Waals surface area contributed by atoms with E-state index in [-0.39, 0.29) is 5.91 Å². The van der Waals surface area contributed by atoms with Crippen LogP contribution >= 0.6 is 11.3 Å². The molecule has 1 aromatic heterocycles. The third-order valence-corrected chi connectivity index (χ3v) is 4.08. The van der Waals surface area contributed by atoms with Gasteiger partial charge in [-0.3, -0.25) is 4.79 Å². The highest BCUT2D eigenvalue weighted by molar-refractivity contribution is 7.10. The lowest BCUT2D eigenvalue weighted by Gasteiger charge is -2.11. The van der Waals surface area contributed by atoms with E-state index in [2.05, 4.69) is 29.0 Å². The Labute approximate surface area is 123 Å². The predicted molar refractivity (Wildman–Crippen MR) is 85.2 cm³/mol. The second-order valence-electron chi connectivity index (χ2n) is 4.54. The summed E-state index contributed by atoms with van der Waals surface area (Å²) in [5, 5.41) is 8.15. The number of carbonyl (C=O) groups excluding carboxylic acids is 1. The van der Waals surface area contributed by atoms with Gasteiger partial charge in [0.1, 0.15) is 0 Å². The number of rotatable bonds is 5. The first-order chi connectivity index (χ1) is 9.61. The molecule has 0 atom stereocenters. The lowest BCUT2D eigenvalue weighted by atomic mass is 10.1. The third-order valence-electron chi connectivity index (χ3n) is 3.06. The average molecular weight is 289 g/mol. The van der Waals surface area contributed by atoms with Gasteiger partial charge in [-0.15, -0.1) is 11.3 Å². The van der Waals surface area contributed by atoms with Crippen molar-refractivity contribution in [3.05, 3.63) is 45.6 Å². The maximum Gasteiger partial charge on any atom is 0.251 e. The summed E-state index contributed by atoms with van der Waals surface area (Å²) in [5.41, 5.74) is 9.27. The standard InChI is InChI=1S/C15H19N3OS/c1-3-17-15(19)11-4-5-12(16)13(8-11)18-9-14-10(2)6-7-20-14/h4-8,18H,3,9,16H2,1-2H3,(H,17,19). The Hall–Kier alpha value is -2.01. The molecule has 5 heteroatoms. The number of hydrogen-bond donors (Lipinski definition) is 3. The number of nitrogens with two attached hydrogens (primary N) is 1. The highest BCUT2D eigenvalue weighted by Crippen LogP contribution is 2.23. The number of nitrogen functional groups attached to an aromatic ring is 1. The average Bonchev–Trinajstić information content (AvgIpc) is 2.83. The highest BCUT2D eigenvalue weighted by atomic mass is 32.1. The molecule has 0 aliphatic heterocycles. The second-order valence-corrected chi connectivity index (χ2v) is 5.54. The number of hydrogen-bond acceptors (Lipinski definition) is 4. The summed E-state index contributed by atoms with van der Waals surface area (Å²) in [7, 11) is 0. The van der Waals surface area contributed by atoms with Crippen LogP contribution in [-0.4, -0.2) is 12.5 Å². The summed E-state index contributed by atoms with van der Waals surface area (Å²) in [4.78, 5) is 13.1. The maximum absolute atomic E-state index is 11.8. The molecule has 2 rings (SSSR count). The number of thiophene rings is 1. The largest absolute Gasteiger partial charge is 0.397 e. The molecular formula is C15H19N3OS. The van der Waals surface area contributed by atoms with E-state index in [1.807, 2.05) is 6.92 Å². The Morgan fingerprint density at radius 2 is 2.15 bits per heavy atom. The second kappa shape index (κ2) is 6.43. The molecule has 4 N–H and O–H groups in total. The Morgan fingerprint density at radius 1 is 1.35 bits per heavy atom. The van der Waals surface area contributed by atoms with Crippen LogP contribution in [0.2, 0.25) is 0 Å². The number of anilines is 2. The van der Waals surface area contributed by atoms with Gasteiger partial charge in [-0.2, -0.15) is 0 Å². The van der Waals surface area contributed by atoms with E-state index in [0.717, 1.165) is 5.69 Å². The summed E-state index contributed by atoms with van der Waals surface area (Å²) in [6.45, 7) is 5.31. The first kappa shape index (κ1) is 14.4. The minimum atomic E-state index is -0.0807. The number of carbonyl (C=O) groups is 1. The van der Waals surface area contributed by atoms with Gasteiger partial charge in [0.25, 0.3) is 5.91 Å². The summed E-state index contributed by atoms with van der Waals surface area (Å²) in [6.07, 6.45) is 0. The molecule has 0 bridgehead atoms. The molecule has 106 valence electrons. The van der Waals surface area contributed by atoms with Gasteiger partial charge in [-0.1, -0.05) is 0 Å². The van der Waals surface area contributed by atoms with Crippen LogP contribution in [0.15, 0.2) is 29.6 Å². The van der Waals surface area contributed by atoms with Crippen molar-refractivity contribution in [2.24, 2.45) is 0 Å². The molecule has 0 fully saturated rings. The maximum atomic E-state index is 11.8. The van der Waals surface area contributed by atoms with Gasteiger partial charge in [-0.25, -0.2) is 0 Å². The predicted octanol–water partition coefficient (Wildman–Crippen LogP) is 3.00. The molecule has 2 aromatic rings. The molecule has 0 saturated carbocycles. The van der Waals surface area contributed by atoms with Crippen molar-refractivity contribution < 1.29 is 4.79 Å². The fourth-order valence-electron chi connectivity index (χ4n) is 1.87. The molecule has 1 amide bonds. The zero-order valence-corrected chi connectivity index (χ0v) is 12.5. The van der Waals surface area contributed by atoms with Crippen molar-refractivity contribution >= 4 is 28.6 Å². The van der Waals surface area contributed by atoms with Crippen LogP contribution in [0.1, 0.15) is 27.7 Å². The van der Waals surface area contributed by atoms with Gasteiger partial charge >= 0.3 is 0 Å². The lowest BCUT2D eigenvalue weighted by Crippen LogP contribution is -2.22. The molecule has 1 aromatic carbocycles. The Kier molecular flexibility index (Phi) is 4.63. The number of nitrogens with one attached hydrogen (secondary N) is 2. The third kappa shape index (κ3) is 3.30. The summed E-state index contributed by atoms with van der Waals surface area (Å²) >= 11 is 1.71. The Balaban J connectivity index is 2.12. The van der Waals surface area contributed by atoms with Crippen LogP contribution in [-0.2, 0) is 6.54 Å². The van der Waals surface area contributed by atoms with Gasteiger partial charge in [0.05, 0.1) is 11.4 Å². The van der Waals surface area contributed by atoms with Crippen molar-refractivity contribution in [3.63, 3.8) is 0 Å². The molecule has 0 radical (unpaired) electrons. The van der Waals surface area contributed by atoms with Gasteiger partial charge in [0, 0.05) is 23.5 Å². The van der Waals surface area contributed by atoms with E-state index in [4.69, 9.17) is 5.73 Å². The molecule has 4 nitrogen and oxygen atoms in total. The SMILES string of the molecule is CCNC(=O)c1ccc(N)c(NCc2sccc2C)c1. The van der Waals surface area contributed by atoms with E-state index in [9.17, 15) is 4.79 Å². The molecule has 0 unspecified atom stereocenters. The van der Waals surface area contributed by atoms with Crippen molar-refractivity contribution in [1.29, 1.82) is 0 Å². The first-order valence-corrected chi connectivity index (χ1v) is 7.44. The smallest absolute Gasteiger partial charge is 0.251 e. The summed E-state index contributed by atoms with van der Waals surface area (Å²) < 4.78 is 0. The molecule has 1 heterocycles. The van der Waals surface area contributed by atoms with Gasteiger partial charge < -0.3 is 16.4 Å². The summed E-state index contributed by atoms with van der Waals surface area (Å²) in [5.74, 6) is -0.0807. The van der Waals surface area contributed by atoms with Gasteiger partial charge in [-0.05, 0) is 49.1 Å². The van der Waals surface area contributed by atoms with Crippen LogP contribution in [0.5, 0.6) is 0 Å². The summed E-state index contributed by atoms with van der Waals surface area (Å²) in [6, 6.07) is 7.38. The Bertz CT molecular complexity index is 607. The normalized spacial score (nSPS) is 10.3. The minimum absolute atomic E-state index is 0.0807. The van der Waals surface area contributed by atoms with Crippen LogP contribution in [0, 0.1) is 6.92 Å². The first-order valence-electron chi connectivity index (χ1n) is 6.56. The van der Waals surface area contributed by atoms with E-state index < -0.39 is 0 Å². The minimum Gasteiger partial charge on any atom is -0.397 e. The van der Waals surface area contributed by atoms with Crippen LogP contribution in [0.3, 0.4) is 0 Å². The van der Waals surface area contributed by atoms with Crippen molar-refractivity contribution in [1.82, 2.24) is 5.32 Å². The number of amides is 1. The molecule has 0 aliphatic rings. The Morgan fingerprint density at radius 3 is 2.80 bits per heavy atom. The zero-order valence-electron chi connectivity index (χ0n) is 11.7. The fourth-order valence-corrected chi connectivity index (χ4v) is 2.72. The zero-order chi connectivity index (χ0) is 14.5. The molecular weight excluding hydrogens is 270 g/mol. The van der Waals surface area contributed by atoms with Crippen molar-refractivity contribution in [2.75, 3.05) is 17.6 Å². The van der Waals surface area contributed by atoms with Gasteiger partial charge in [0.15, 0.2) is 0 Å². The quantitative estimate of drug-likeness (QED) is 0.741. The molecule has 20 heavy (non-hydrogen) atoms. The fraction of sp³-hybridized carbons (Fsp3) is 0.267. The van der Waals surface area contributed by atoms with E-state index in [1.165, 1.54) is 10.4 Å². The topological polar surface area (TPSA) is 67.2 Å². The van der Waals surface area contributed by atoms with E-state index in [1.54, 1.807) is 29.5 Å². The van der Waals surface area contributed by atoms with E-state index in [0.29, 0.717) is 24.3 Å². The molecule has 0 saturated heterocycles. The highest BCUT2D eigenvalue weighted by Gasteiger charge is 2.08. The molecule has 0 aliphatic carbocycles. The van der Waals surface area contributed by atoms with Crippen LogP contribution in [0.4, 0.5) is 11.4 Å². The monoisotopic (exact) mass is 289 g/mol. The van der Waals surface area contributed by atoms with Crippen molar-refractivity contribution in [2.45, 2.75) is 20.4 Å². The molecule has 0 spiro atoms.